The first-order valence-electron chi connectivity index (χ1n) is 6.49. The minimum absolute atomic E-state index is 0.121. The third-order valence-electron chi connectivity index (χ3n) is 2.47. The summed E-state index contributed by atoms with van der Waals surface area (Å²) in [6, 6.07) is 1.43. The second kappa shape index (κ2) is 8.43. The van der Waals surface area contributed by atoms with Crippen LogP contribution < -0.4 is 10.0 Å². The Hall–Kier alpha value is -0.0200. The smallest absolute Gasteiger partial charge is 0.245 e. The lowest BCUT2D eigenvalue weighted by Crippen LogP contribution is -2.34. The molecule has 0 radical (unpaired) electrons. The van der Waals surface area contributed by atoms with Crippen molar-refractivity contribution >= 4 is 37.7 Å². The number of halogens is 1. The van der Waals surface area contributed by atoms with E-state index in [1.54, 1.807) is 17.8 Å². The average molecular weight is 385 g/mol. The highest BCUT2D eigenvalue weighted by Crippen LogP contribution is 2.26. The maximum absolute atomic E-state index is 12.3. The van der Waals surface area contributed by atoms with E-state index < -0.39 is 10.0 Å². The second-order valence-corrected chi connectivity index (χ2v) is 8.03. The van der Waals surface area contributed by atoms with E-state index in [0.29, 0.717) is 12.3 Å². The van der Waals surface area contributed by atoms with Gasteiger partial charge in [-0.3, -0.25) is 0 Å². The monoisotopic (exact) mass is 384 g/mol. The van der Waals surface area contributed by atoms with Crippen molar-refractivity contribution in [1.82, 2.24) is 10.0 Å². The molecular formula is C12H21BrN2O3S2. The Morgan fingerprint density at radius 2 is 2.15 bits per heavy atom. The van der Waals surface area contributed by atoms with Crippen LogP contribution in [0.5, 0.6) is 0 Å². The van der Waals surface area contributed by atoms with Gasteiger partial charge in [-0.25, -0.2) is 13.1 Å². The largest absolute Gasteiger partial charge is 0.452 e. The van der Waals surface area contributed by atoms with E-state index >= 15 is 0 Å². The first-order valence-corrected chi connectivity index (χ1v) is 9.92. The van der Waals surface area contributed by atoms with E-state index in [1.807, 2.05) is 20.8 Å². The van der Waals surface area contributed by atoms with Crippen LogP contribution in [0.1, 0.15) is 26.5 Å². The Morgan fingerprint density at radius 1 is 1.45 bits per heavy atom. The molecule has 0 saturated heterocycles. The fraction of sp³-hybridized carbons (Fsp3) is 0.667. The molecule has 1 rings (SSSR count). The van der Waals surface area contributed by atoms with Gasteiger partial charge >= 0.3 is 0 Å². The topological polar surface area (TPSA) is 71.3 Å². The Morgan fingerprint density at radius 3 is 2.75 bits per heavy atom. The Bertz CT molecular complexity index is 517. The zero-order valence-electron chi connectivity index (χ0n) is 11.9. The summed E-state index contributed by atoms with van der Waals surface area (Å²) < 4.78 is 32.9. The molecule has 1 heterocycles. The van der Waals surface area contributed by atoms with E-state index in [4.69, 9.17) is 4.42 Å². The van der Waals surface area contributed by atoms with Gasteiger partial charge in [-0.05, 0) is 35.2 Å². The van der Waals surface area contributed by atoms with Gasteiger partial charge in [0.05, 0.1) is 6.54 Å². The predicted molar refractivity (Wildman–Crippen MR) is 86.6 cm³/mol. The van der Waals surface area contributed by atoms with Crippen LogP contribution in [-0.2, 0) is 16.6 Å². The van der Waals surface area contributed by atoms with Crippen LogP contribution >= 0.6 is 27.7 Å². The van der Waals surface area contributed by atoms with E-state index in [0.717, 1.165) is 18.1 Å². The molecule has 8 heteroatoms. The second-order valence-electron chi connectivity index (χ2n) is 4.31. The summed E-state index contributed by atoms with van der Waals surface area (Å²) in [5, 5.41) is 3.09. The third-order valence-corrected chi connectivity index (χ3v) is 6.06. The number of thioether (sulfide) groups is 1. The lowest BCUT2D eigenvalue weighted by molar-refractivity contribution is 0.464. The van der Waals surface area contributed by atoms with Gasteiger partial charge in [0, 0.05) is 17.9 Å². The maximum atomic E-state index is 12.3. The fourth-order valence-electron chi connectivity index (χ4n) is 1.57. The van der Waals surface area contributed by atoms with Gasteiger partial charge in [-0.15, -0.1) is 0 Å². The number of nitrogens with one attached hydrogen (secondary N) is 2. The average Bonchev–Trinajstić information content (AvgIpc) is 2.75. The van der Waals surface area contributed by atoms with Crippen LogP contribution in [-0.4, -0.2) is 32.5 Å². The normalized spacial score (nSPS) is 13.6. The van der Waals surface area contributed by atoms with Gasteiger partial charge in [0.1, 0.15) is 10.7 Å². The van der Waals surface area contributed by atoms with Crippen molar-refractivity contribution < 1.29 is 12.8 Å². The summed E-state index contributed by atoms with van der Waals surface area (Å²) in [4.78, 5) is 0.152. The summed E-state index contributed by atoms with van der Waals surface area (Å²) in [5.41, 5.74) is 0. The van der Waals surface area contributed by atoms with E-state index in [-0.39, 0.29) is 15.6 Å². The zero-order valence-corrected chi connectivity index (χ0v) is 15.1. The Labute approximate surface area is 133 Å². The molecule has 0 aliphatic rings. The molecule has 0 bridgehead atoms. The van der Waals surface area contributed by atoms with Crippen molar-refractivity contribution in [3.63, 3.8) is 0 Å². The quantitative estimate of drug-likeness (QED) is 0.684. The molecule has 1 aromatic rings. The Balaban J connectivity index is 2.78. The van der Waals surface area contributed by atoms with Gasteiger partial charge in [0.25, 0.3) is 0 Å². The standard InChI is InChI=1S/C12H21BrN2O3S2/c1-4-14-7-10-6-11(12(13)18-10)20(16,17)15-9(3)8-19-5-2/h6,9,14-15H,4-5,7-8H2,1-3H3. The van der Waals surface area contributed by atoms with Crippen molar-refractivity contribution in [2.24, 2.45) is 0 Å². The van der Waals surface area contributed by atoms with Gasteiger partial charge in [-0.1, -0.05) is 13.8 Å². The van der Waals surface area contributed by atoms with Crippen LogP contribution in [0, 0.1) is 0 Å². The van der Waals surface area contributed by atoms with E-state index in [1.165, 1.54) is 0 Å². The lowest BCUT2D eigenvalue weighted by Gasteiger charge is -2.12. The molecule has 0 aromatic carbocycles. The van der Waals surface area contributed by atoms with Crippen LogP contribution in [0.2, 0.25) is 0 Å². The first-order chi connectivity index (χ1) is 9.40. The third kappa shape index (κ3) is 5.40. The van der Waals surface area contributed by atoms with Crippen molar-refractivity contribution in [2.45, 2.75) is 38.3 Å². The van der Waals surface area contributed by atoms with Crippen LogP contribution in [0.4, 0.5) is 0 Å². The molecule has 0 spiro atoms. The van der Waals surface area contributed by atoms with Gasteiger partial charge in [-0.2, -0.15) is 11.8 Å². The molecule has 0 aliphatic carbocycles. The molecule has 5 nitrogen and oxygen atoms in total. The summed E-state index contributed by atoms with van der Waals surface area (Å²) in [5.74, 6) is 2.30. The molecule has 20 heavy (non-hydrogen) atoms. The summed E-state index contributed by atoms with van der Waals surface area (Å²) >= 11 is 4.87. The Kier molecular flexibility index (Phi) is 7.60. The number of hydrogen-bond acceptors (Lipinski definition) is 5. The van der Waals surface area contributed by atoms with Gasteiger partial charge in [0.2, 0.25) is 10.0 Å². The van der Waals surface area contributed by atoms with Crippen LogP contribution in [0.25, 0.3) is 0 Å². The van der Waals surface area contributed by atoms with Crippen LogP contribution in [0.15, 0.2) is 20.0 Å². The molecule has 2 N–H and O–H groups in total. The summed E-state index contributed by atoms with van der Waals surface area (Å²) in [6.07, 6.45) is 0. The molecule has 0 saturated carbocycles. The SMILES string of the molecule is CCNCc1cc(S(=O)(=O)NC(C)CSCC)c(Br)o1. The highest BCUT2D eigenvalue weighted by Gasteiger charge is 2.24. The minimum atomic E-state index is -3.56. The highest BCUT2D eigenvalue weighted by molar-refractivity contribution is 9.10. The zero-order chi connectivity index (χ0) is 15.2. The summed E-state index contributed by atoms with van der Waals surface area (Å²) in [7, 11) is -3.56. The summed E-state index contributed by atoms with van der Waals surface area (Å²) in [6.45, 7) is 7.18. The minimum Gasteiger partial charge on any atom is -0.452 e. The molecule has 116 valence electrons. The predicted octanol–water partition coefficient (Wildman–Crippen LogP) is 2.57. The number of sulfonamides is 1. The first kappa shape index (κ1) is 18.0. The van der Waals surface area contributed by atoms with Gasteiger partial charge < -0.3 is 9.73 Å². The molecular weight excluding hydrogens is 364 g/mol. The molecule has 0 fully saturated rings. The van der Waals surface area contributed by atoms with Crippen molar-refractivity contribution in [1.29, 1.82) is 0 Å². The number of hydrogen-bond donors (Lipinski definition) is 2. The van der Waals surface area contributed by atoms with Gasteiger partial charge in [0.15, 0.2) is 4.67 Å². The van der Waals surface area contributed by atoms with E-state index in [2.05, 4.69) is 26.0 Å². The van der Waals surface area contributed by atoms with Crippen LogP contribution in [0.3, 0.4) is 0 Å². The van der Waals surface area contributed by atoms with Crippen molar-refractivity contribution in [2.75, 3.05) is 18.1 Å². The number of furan rings is 1. The maximum Gasteiger partial charge on any atom is 0.245 e. The molecule has 1 unspecified atom stereocenters. The highest BCUT2D eigenvalue weighted by atomic mass is 79.9. The van der Waals surface area contributed by atoms with E-state index in [9.17, 15) is 8.42 Å². The number of rotatable bonds is 9. The fourth-order valence-corrected chi connectivity index (χ4v) is 4.59. The molecule has 1 aromatic heterocycles. The molecule has 0 amide bonds. The molecule has 0 aliphatic heterocycles. The van der Waals surface area contributed by atoms with Crippen molar-refractivity contribution in [3.05, 3.63) is 16.5 Å². The lowest BCUT2D eigenvalue weighted by atomic mass is 10.4. The molecule has 1 atom stereocenters. The van der Waals surface area contributed by atoms with Crippen molar-refractivity contribution in [3.8, 4) is 0 Å².